The maximum atomic E-state index is 15.2. The van der Waals surface area contributed by atoms with Crippen LogP contribution in [-0.2, 0) is 11.8 Å². The number of aromatic nitrogens is 7. The van der Waals surface area contributed by atoms with Crippen molar-refractivity contribution in [3.8, 4) is 22.3 Å². The van der Waals surface area contributed by atoms with E-state index >= 15 is 4.39 Å². The number of rotatable bonds is 7. The third kappa shape index (κ3) is 4.83. The molecule has 1 aromatic carbocycles. The predicted octanol–water partition coefficient (Wildman–Crippen LogP) is 4.78. The van der Waals surface area contributed by atoms with Crippen molar-refractivity contribution in [2.24, 2.45) is 7.05 Å². The molecule has 0 bridgehead atoms. The van der Waals surface area contributed by atoms with E-state index in [0.717, 1.165) is 29.9 Å². The number of amides is 1. The van der Waals surface area contributed by atoms with Crippen LogP contribution in [0.15, 0.2) is 54.8 Å². The fourth-order valence-corrected chi connectivity index (χ4v) is 5.40. The van der Waals surface area contributed by atoms with Gasteiger partial charge in [-0.3, -0.25) is 14.6 Å². The lowest BCUT2D eigenvalue weighted by molar-refractivity contribution is -0.127. The summed E-state index contributed by atoms with van der Waals surface area (Å²) in [7, 11) is 1.84. The van der Waals surface area contributed by atoms with Crippen LogP contribution in [0.5, 0.6) is 10.9 Å². The van der Waals surface area contributed by atoms with Gasteiger partial charge in [0.15, 0.2) is 5.65 Å². The van der Waals surface area contributed by atoms with Crippen LogP contribution in [0.1, 0.15) is 24.5 Å². The fraction of sp³-hybridized carbons (Fsp3) is 0.231. The van der Waals surface area contributed by atoms with Crippen LogP contribution < -0.4 is 10.1 Å². The van der Waals surface area contributed by atoms with Gasteiger partial charge in [-0.2, -0.15) is 10.2 Å². The number of halogens is 1. The van der Waals surface area contributed by atoms with Gasteiger partial charge in [-0.25, -0.2) is 19.3 Å². The van der Waals surface area contributed by atoms with E-state index < -0.39 is 5.82 Å². The lowest BCUT2D eigenvalue weighted by Crippen LogP contribution is -2.36. The second kappa shape index (κ2) is 10.3. The molecule has 0 saturated carbocycles. The fourth-order valence-electron chi connectivity index (χ4n) is 4.72. The Morgan fingerprint density at radius 3 is 2.87 bits per heavy atom. The van der Waals surface area contributed by atoms with Crippen molar-refractivity contribution in [3.05, 3.63) is 66.3 Å². The van der Waals surface area contributed by atoms with Gasteiger partial charge in [0, 0.05) is 43.7 Å². The molecular weight excluding hydrogens is 521 g/mol. The minimum Gasteiger partial charge on any atom is -0.431 e. The highest BCUT2D eigenvalue weighted by Gasteiger charge is 2.27. The van der Waals surface area contributed by atoms with Gasteiger partial charge in [-0.15, -0.1) is 0 Å². The first-order valence-corrected chi connectivity index (χ1v) is 13.2. The van der Waals surface area contributed by atoms with Crippen molar-refractivity contribution in [2.75, 3.05) is 18.4 Å². The number of likely N-dealkylation sites (tertiary alicyclic amines) is 1. The van der Waals surface area contributed by atoms with Crippen LogP contribution in [0.4, 0.5) is 15.9 Å². The molecule has 2 N–H and O–H groups in total. The van der Waals surface area contributed by atoms with E-state index in [4.69, 9.17) is 4.74 Å². The van der Waals surface area contributed by atoms with Crippen molar-refractivity contribution in [1.82, 2.24) is 39.8 Å². The van der Waals surface area contributed by atoms with Gasteiger partial charge >= 0.3 is 0 Å². The van der Waals surface area contributed by atoms with E-state index in [1.807, 2.05) is 18.5 Å². The maximum absolute atomic E-state index is 15.2. The number of anilines is 2. The van der Waals surface area contributed by atoms with Crippen LogP contribution in [0.3, 0.4) is 0 Å². The van der Waals surface area contributed by atoms with Gasteiger partial charge in [0.1, 0.15) is 29.4 Å². The second-order valence-electron chi connectivity index (χ2n) is 9.07. The monoisotopic (exact) mass is 545 g/mol. The maximum Gasteiger partial charge on any atom is 0.279 e. The molecule has 0 aliphatic carbocycles. The highest BCUT2D eigenvalue weighted by molar-refractivity contribution is 7.11. The minimum atomic E-state index is -0.510. The van der Waals surface area contributed by atoms with Gasteiger partial charge in [0.05, 0.1) is 22.5 Å². The van der Waals surface area contributed by atoms with Crippen LogP contribution >= 0.6 is 11.3 Å². The Morgan fingerprint density at radius 2 is 2.13 bits per heavy atom. The SMILES string of the molecule is C=CC(=O)N1CCC(c2[nH]nc3ncnc(Nc4ccc(Oc5nc(-c6ccnn6C)cs5)cc4F)c23)CC1. The summed E-state index contributed by atoms with van der Waals surface area (Å²) in [5, 5.41) is 17.6. The number of nitrogens with one attached hydrogen (secondary N) is 2. The van der Waals surface area contributed by atoms with Crippen LogP contribution in [0.2, 0.25) is 0 Å². The Hall–Kier alpha value is -4.65. The first-order chi connectivity index (χ1) is 19.0. The zero-order chi connectivity index (χ0) is 26.9. The number of piperidine rings is 1. The van der Waals surface area contributed by atoms with Gasteiger partial charge in [0.2, 0.25) is 5.91 Å². The number of benzene rings is 1. The number of ether oxygens (including phenoxy) is 1. The first kappa shape index (κ1) is 24.7. The minimum absolute atomic E-state index is 0.0692. The summed E-state index contributed by atoms with van der Waals surface area (Å²) in [5.41, 5.74) is 3.18. The van der Waals surface area contributed by atoms with Crippen molar-refractivity contribution >= 4 is 39.8 Å². The average molecular weight is 546 g/mol. The molecule has 1 saturated heterocycles. The number of carbonyl (C=O) groups excluding carboxylic acids is 1. The first-order valence-electron chi connectivity index (χ1n) is 12.3. The number of aryl methyl sites for hydroxylation is 1. The predicted molar refractivity (Wildman–Crippen MR) is 145 cm³/mol. The second-order valence-corrected chi connectivity index (χ2v) is 9.89. The summed E-state index contributed by atoms with van der Waals surface area (Å²) in [4.78, 5) is 26.9. The van der Waals surface area contributed by atoms with Crippen LogP contribution in [0.25, 0.3) is 22.4 Å². The standard InChI is InChI=1S/C26H24FN9O2S/c1-3-21(37)36-10-7-15(8-11-36)23-22-24(28-14-29-25(22)34-33-23)31-18-5-4-16(12-17(18)27)38-26-32-19(13-39-26)20-6-9-30-35(20)2/h3-6,9,12-15H,1,7-8,10-11H2,2H3,(H2,28,29,31,33,34). The Morgan fingerprint density at radius 1 is 1.28 bits per heavy atom. The van der Waals surface area contributed by atoms with Crippen molar-refractivity contribution < 1.29 is 13.9 Å². The highest BCUT2D eigenvalue weighted by atomic mass is 32.1. The van der Waals surface area contributed by atoms with E-state index in [1.54, 1.807) is 27.9 Å². The summed E-state index contributed by atoms with van der Waals surface area (Å²) in [6.45, 7) is 4.80. The number of H-pyrrole nitrogens is 1. The smallest absolute Gasteiger partial charge is 0.279 e. The zero-order valence-corrected chi connectivity index (χ0v) is 21.8. The third-order valence-corrected chi connectivity index (χ3v) is 7.45. The molecule has 13 heteroatoms. The molecule has 0 atom stereocenters. The molecule has 11 nitrogen and oxygen atoms in total. The molecule has 1 aliphatic rings. The number of hydrogen-bond acceptors (Lipinski definition) is 9. The van der Waals surface area contributed by atoms with Crippen molar-refractivity contribution in [2.45, 2.75) is 18.8 Å². The lowest BCUT2D eigenvalue weighted by atomic mass is 9.92. The summed E-state index contributed by atoms with van der Waals surface area (Å²) in [5.74, 6) is 0.318. The molecule has 1 fully saturated rings. The van der Waals surface area contributed by atoms with Crippen LogP contribution in [-0.4, -0.2) is 58.8 Å². The zero-order valence-electron chi connectivity index (χ0n) is 21.0. The summed E-state index contributed by atoms with van der Waals surface area (Å²) in [6, 6.07) is 6.42. The van der Waals surface area contributed by atoms with Crippen molar-refractivity contribution in [3.63, 3.8) is 0 Å². The molecule has 5 heterocycles. The average Bonchev–Trinajstić information content (AvgIpc) is 3.70. The van der Waals surface area contributed by atoms with Gasteiger partial charge in [-0.1, -0.05) is 17.9 Å². The largest absolute Gasteiger partial charge is 0.431 e. The van der Waals surface area contributed by atoms with E-state index in [1.165, 1.54) is 29.8 Å². The number of carbonyl (C=O) groups is 1. The molecule has 198 valence electrons. The Balaban J connectivity index is 1.20. The lowest BCUT2D eigenvalue weighted by Gasteiger charge is -2.31. The molecular formula is C26H24FN9O2S. The number of aromatic amines is 1. The van der Waals surface area contributed by atoms with Gasteiger partial charge in [0.25, 0.3) is 5.19 Å². The Labute approximate surface area is 226 Å². The third-order valence-electron chi connectivity index (χ3n) is 6.73. The quantitative estimate of drug-likeness (QED) is 0.280. The van der Waals surface area contributed by atoms with Gasteiger partial charge in [-0.05, 0) is 37.1 Å². The molecule has 39 heavy (non-hydrogen) atoms. The number of hydrogen-bond donors (Lipinski definition) is 2. The highest BCUT2D eigenvalue weighted by Crippen LogP contribution is 2.36. The number of fused-ring (bicyclic) bond motifs is 1. The molecule has 0 unspecified atom stereocenters. The Kier molecular flexibility index (Phi) is 6.49. The van der Waals surface area contributed by atoms with E-state index in [0.29, 0.717) is 40.9 Å². The van der Waals surface area contributed by atoms with E-state index in [9.17, 15) is 4.79 Å². The Bertz CT molecular complexity index is 1670. The molecule has 5 aromatic rings. The molecule has 4 aromatic heterocycles. The molecule has 1 aliphatic heterocycles. The molecule has 0 radical (unpaired) electrons. The van der Waals surface area contributed by atoms with E-state index in [2.05, 4.69) is 42.1 Å². The summed E-state index contributed by atoms with van der Waals surface area (Å²) in [6.07, 6.45) is 5.93. The summed E-state index contributed by atoms with van der Waals surface area (Å²) < 4.78 is 22.7. The normalized spacial score (nSPS) is 14.1. The van der Waals surface area contributed by atoms with Gasteiger partial charge < -0.3 is 15.0 Å². The van der Waals surface area contributed by atoms with E-state index in [-0.39, 0.29) is 17.5 Å². The molecule has 1 amide bonds. The van der Waals surface area contributed by atoms with Crippen molar-refractivity contribution in [1.29, 1.82) is 0 Å². The summed E-state index contributed by atoms with van der Waals surface area (Å²) >= 11 is 1.32. The molecule has 6 rings (SSSR count). The van der Waals surface area contributed by atoms with Crippen LogP contribution in [0, 0.1) is 5.82 Å². The topological polar surface area (TPSA) is 127 Å². The molecule has 0 spiro atoms. The number of thiazole rings is 1. The number of nitrogens with zero attached hydrogens (tertiary/aromatic N) is 7.